The Balaban J connectivity index is 2.36. The van der Waals surface area contributed by atoms with Gasteiger partial charge in [-0.05, 0) is 61.7 Å². The largest absolute Gasteiger partial charge is 0.399 e. The van der Waals surface area contributed by atoms with Crippen LogP contribution in [0.1, 0.15) is 27.0 Å². The van der Waals surface area contributed by atoms with Crippen molar-refractivity contribution < 1.29 is 4.79 Å². The van der Waals surface area contributed by atoms with E-state index in [9.17, 15) is 4.79 Å². The first kappa shape index (κ1) is 14.6. The number of rotatable bonds is 2. The van der Waals surface area contributed by atoms with E-state index in [-0.39, 0.29) is 5.91 Å². The predicted molar refractivity (Wildman–Crippen MR) is 87.2 cm³/mol. The number of aryl methyl sites for hydroxylation is 2. The van der Waals surface area contributed by atoms with Crippen LogP contribution >= 0.6 is 15.9 Å². The van der Waals surface area contributed by atoms with Crippen molar-refractivity contribution in [1.82, 2.24) is 0 Å². The molecule has 1 amide bonds. The fourth-order valence-electron chi connectivity index (χ4n) is 2.23. The summed E-state index contributed by atoms with van der Waals surface area (Å²) in [6.07, 6.45) is 0. The van der Waals surface area contributed by atoms with Crippen LogP contribution in [-0.2, 0) is 0 Å². The summed E-state index contributed by atoms with van der Waals surface area (Å²) >= 11 is 3.44. The fourth-order valence-corrected chi connectivity index (χ4v) is 2.59. The van der Waals surface area contributed by atoms with Crippen molar-refractivity contribution >= 4 is 33.2 Å². The molecule has 2 rings (SSSR count). The third-order valence-corrected chi connectivity index (χ3v) is 4.16. The number of nitrogens with one attached hydrogen (secondary N) is 1. The molecule has 0 aliphatic rings. The van der Waals surface area contributed by atoms with E-state index in [1.54, 1.807) is 0 Å². The summed E-state index contributed by atoms with van der Waals surface area (Å²) in [7, 11) is 0. The van der Waals surface area contributed by atoms with Gasteiger partial charge in [0.2, 0.25) is 0 Å². The van der Waals surface area contributed by atoms with Gasteiger partial charge in [0.1, 0.15) is 0 Å². The zero-order valence-corrected chi connectivity index (χ0v) is 13.3. The van der Waals surface area contributed by atoms with Gasteiger partial charge < -0.3 is 11.1 Å². The van der Waals surface area contributed by atoms with Crippen molar-refractivity contribution in [2.75, 3.05) is 11.1 Å². The Kier molecular flexibility index (Phi) is 4.14. The predicted octanol–water partition coefficient (Wildman–Crippen LogP) is 4.21. The molecule has 104 valence electrons. The Morgan fingerprint density at radius 3 is 2.35 bits per heavy atom. The zero-order chi connectivity index (χ0) is 14.9. The van der Waals surface area contributed by atoms with Gasteiger partial charge in [0, 0.05) is 21.4 Å². The van der Waals surface area contributed by atoms with Crippen LogP contribution in [0.3, 0.4) is 0 Å². The number of amides is 1. The summed E-state index contributed by atoms with van der Waals surface area (Å²) in [6.45, 7) is 5.79. The molecule has 0 saturated heterocycles. The molecule has 0 bridgehead atoms. The maximum Gasteiger partial charge on any atom is 0.255 e. The van der Waals surface area contributed by atoms with Crippen molar-refractivity contribution in [3.8, 4) is 0 Å². The van der Waals surface area contributed by atoms with E-state index in [2.05, 4.69) is 21.2 Å². The molecule has 3 N–H and O–H groups in total. The molecule has 4 heteroatoms. The quantitative estimate of drug-likeness (QED) is 0.809. The molecule has 0 aliphatic heterocycles. The summed E-state index contributed by atoms with van der Waals surface area (Å²) in [5, 5.41) is 2.97. The Labute approximate surface area is 127 Å². The van der Waals surface area contributed by atoms with Gasteiger partial charge in [-0.3, -0.25) is 4.79 Å². The zero-order valence-electron chi connectivity index (χ0n) is 11.8. The van der Waals surface area contributed by atoms with Gasteiger partial charge in [-0.1, -0.05) is 22.0 Å². The highest BCUT2D eigenvalue weighted by Crippen LogP contribution is 2.25. The summed E-state index contributed by atoms with van der Waals surface area (Å²) in [5.74, 6) is -0.111. The molecule has 2 aromatic rings. The van der Waals surface area contributed by atoms with Crippen LogP contribution < -0.4 is 11.1 Å². The summed E-state index contributed by atoms with van der Waals surface area (Å²) in [5.41, 5.74) is 10.8. The maximum absolute atomic E-state index is 12.4. The van der Waals surface area contributed by atoms with Crippen LogP contribution in [0.15, 0.2) is 34.8 Å². The average molecular weight is 333 g/mol. The molecule has 0 unspecified atom stereocenters. The SMILES string of the molecule is Cc1cc(N)cc(C)c1NC(=O)c1cccc(Br)c1C. The molecule has 3 nitrogen and oxygen atoms in total. The van der Waals surface area contributed by atoms with Crippen molar-refractivity contribution in [3.63, 3.8) is 0 Å². The molecule has 0 radical (unpaired) electrons. The second-order valence-electron chi connectivity index (χ2n) is 4.90. The molecule has 0 spiro atoms. The topological polar surface area (TPSA) is 55.1 Å². The highest BCUT2D eigenvalue weighted by molar-refractivity contribution is 9.10. The van der Waals surface area contributed by atoms with E-state index >= 15 is 0 Å². The third-order valence-electron chi connectivity index (χ3n) is 3.31. The van der Waals surface area contributed by atoms with Crippen LogP contribution in [0.4, 0.5) is 11.4 Å². The van der Waals surface area contributed by atoms with E-state index in [0.717, 1.165) is 26.9 Å². The lowest BCUT2D eigenvalue weighted by Crippen LogP contribution is -2.15. The Morgan fingerprint density at radius 1 is 1.15 bits per heavy atom. The molecule has 0 aromatic heterocycles. The molecule has 2 aromatic carbocycles. The Hall–Kier alpha value is -1.81. The van der Waals surface area contributed by atoms with Crippen LogP contribution in [0.25, 0.3) is 0 Å². The standard InChI is InChI=1S/C16H17BrN2O/c1-9-7-12(18)8-10(2)15(9)19-16(20)13-5-4-6-14(17)11(13)3/h4-8H,18H2,1-3H3,(H,19,20). The minimum absolute atomic E-state index is 0.111. The van der Waals surface area contributed by atoms with E-state index in [0.29, 0.717) is 11.3 Å². The molecule has 20 heavy (non-hydrogen) atoms. The number of carbonyl (C=O) groups is 1. The van der Waals surface area contributed by atoms with E-state index in [4.69, 9.17) is 5.73 Å². The van der Waals surface area contributed by atoms with Crippen molar-refractivity contribution in [2.24, 2.45) is 0 Å². The first-order valence-corrected chi connectivity index (χ1v) is 7.12. The van der Waals surface area contributed by atoms with Crippen molar-refractivity contribution in [3.05, 3.63) is 57.1 Å². The highest BCUT2D eigenvalue weighted by atomic mass is 79.9. The fraction of sp³-hybridized carbons (Fsp3) is 0.188. The van der Waals surface area contributed by atoms with Crippen molar-refractivity contribution in [1.29, 1.82) is 0 Å². The molecular formula is C16H17BrN2O. The summed E-state index contributed by atoms with van der Waals surface area (Å²) in [4.78, 5) is 12.4. The van der Waals surface area contributed by atoms with E-state index < -0.39 is 0 Å². The molecular weight excluding hydrogens is 316 g/mol. The first-order valence-electron chi connectivity index (χ1n) is 6.33. The van der Waals surface area contributed by atoms with Gasteiger partial charge in [0.05, 0.1) is 0 Å². The second-order valence-corrected chi connectivity index (χ2v) is 5.75. The molecule has 0 saturated carbocycles. The van der Waals surface area contributed by atoms with Gasteiger partial charge in [0.25, 0.3) is 5.91 Å². The van der Waals surface area contributed by atoms with Gasteiger partial charge >= 0.3 is 0 Å². The molecule has 0 atom stereocenters. The van der Waals surface area contributed by atoms with Crippen LogP contribution in [-0.4, -0.2) is 5.91 Å². The number of halogens is 1. The van der Waals surface area contributed by atoms with Gasteiger partial charge in [0.15, 0.2) is 0 Å². The second kappa shape index (κ2) is 5.67. The van der Waals surface area contributed by atoms with Crippen LogP contribution in [0, 0.1) is 20.8 Å². The normalized spacial score (nSPS) is 10.4. The Bertz CT molecular complexity index is 657. The van der Waals surface area contributed by atoms with Gasteiger partial charge in [-0.15, -0.1) is 0 Å². The first-order chi connectivity index (χ1) is 9.40. The van der Waals surface area contributed by atoms with Crippen LogP contribution in [0.2, 0.25) is 0 Å². The van der Waals surface area contributed by atoms with Gasteiger partial charge in [-0.25, -0.2) is 0 Å². The molecule has 0 heterocycles. The molecule has 0 aliphatic carbocycles. The smallest absolute Gasteiger partial charge is 0.255 e. The lowest BCUT2D eigenvalue weighted by Gasteiger charge is -2.14. The minimum atomic E-state index is -0.111. The number of hydrogen-bond acceptors (Lipinski definition) is 2. The van der Waals surface area contributed by atoms with Crippen molar-refractivity contribution in [2.45, 2.75) is 20.8 Å². The average Bonchev–Trinajstić information content (AvgIpc) is 2.36. The number of hydrogen-bond donors (Lipinski definition) is 2. The lowest BCUT2D eigenvalue weighted by molar-refractivity contribution is 0.102. The van der Waals surface area contributed by atoms with Crippen LogP contribution in [0.5, 0.6) is 0 Å². The van der Waals surface area contributed by atoms with Gasteiger partial charge in [-0.2, -0.15) is 0 Å². The monoisotopic (exact) mass is 332 g/mol. The lowest BCUT2D eigenvalue weighted by atomic mass is 10.1. The highest BCUT2D eigenvalue weighted by Gasteiger charge is 2.13. The number of nitrogens with two attached hydrogens (primary N) is 1. The molecule has 0 fully saturated rings. The number of anilines is 2. The number of carbonyl (C=O) groups excluding carboxylic acids is 1. The third kappa shape index (κ3) is 2.85. The number of benzene rings is 2. The Morgan fingerprint density at radius 2 is 1.75 bits per heavy atom. The van der Waals surface area contributed by atoms with E-state index in [1.807, 2.05) is 51.1 Å². The summed E-state index contributed by atoms with van der Waals surface area (Å²) in [6, 6.07) is 9.31. The number of nitrogen functional groups attached to an aromatic ring is 1. The van der Waals surface area contributed by atoms with E-state index in [1.165, 1.54) is 0 Å². The minimum Gasteiger partial charge on any atom is -0.399 e. The maximum atomic E-state index is 12.4. The summed E-state index contributed by atoms with van der Waals surface area (Å²) < 4.78 is 0.927.